The lowest BCUT2D eigenvalue weighted by atomic mass is 10.1. The zero-order valence-electron chi connectivity index (χ0n) is 14.0. The average molecular weight is 316 g/mol. The molecular formula is C18H28N4O. The predicted octanol–water partition coefficient (Wildman–Crippen LogP) is 3.31. The van der Waals surface area contributed by atoms with E-state index in [2.05, 4.69) is 20.2 Å². The van der Waals surface area contributed by atoms with Crippen LogP contribution in [-0.4, -0.2) is 35.0 Å². The molecule has 5 nitrogen and oxygen atoms in total. The highest BCUT2D eigenvalue weighted by Crippen LogP contribution is 2.18. The van der Waals surface area contributed by atoms with Gasteiger partial charge in [-0.2, -0.15) is 0 Å². The number of aromatic nitrogens is 2. The molecule has 1 N–H and O–H groups in total. The molecule has 5 heteroatoms. The minimum Gasteiger partial charge on any atom is -0.349 e. The van der Waals surface area contributed by atoms with Crippen molar-refractivity contribution >= 4 is 11.9 Å². The molecule has 0 bridgehead atoms. The molecular weight excluding hydrogens is 288 g/mol. The van der Waals surface area contributed by atoms with E-state index in [1.54, 1.807) is 12.4 Å². The molecule has 2 aliphatic rings. The first-order valence-corrected chi connectivity index (χ1v) is 9.21. The molecule has 2 heterocycles. The number of hydrogen-bond donors (Lipinski definition) is 1. The Hall–Kier alpha value is -1.65. The zero-order chi connectivity index (χ0) is 15.9. The van der Waals surface area contributed by atoms with Crippen LogP contribution in [0.4, 0.5) is 5.95 Å². The number of anilines is 1. The number of amides is 1. The Morgan fingerprint density at radius 1 is 0.913 bits per heavy atom. The third-order valence-corrected chi connectivity index (χ3v) is 4.98. The van der Waals surface area contributed by atoms with Gasteiger partial charge in [-0.3, -0.25) is 4.79 Å². The molecule has 1 aliphatic carbocycles. The first kappa shape index (κ1) is 16.2. The molecule has 2 fully saturated rings. The van der Waals surface area contributed by atoms with E-state index in [9.17, 15) is 4.79 Å². The molecule has 0 aromatic carbocycles. The third-order valence-electron chi connectivity index (χ3n) is 4.98. The zero-order valence-corrected chi connectivity index (χ0v) is 14.0. The van der Waals surface area contributed by atoms with E-state index in [1.165, 1.54) is 51.4 Å². The summed E-state index contributed by atoms with van der Waals surface area (Å²) in [5, 5.41) is 3.15. The SMILES string of the molecule is O=C(NC1CCCCCC1)c1cnc(N2CCCCCC2)nc1. The summed E-state index contributed by atoms with van der Waals surface area (Å²) in [6, 6.07) is 0.315. The number of carbonyl (C=O) groups is 1. The maximum Gasteiger partial charge on any atom is 0.254 e. The molecule has 0 unspecified atom stereocenters. The maximum atomic E-state index is 12.4. The molecule has 23 heavy (non-hydrogen) atoms. The van der Waals surface area contributed by atoms with Crippen LogP contribution in [0.25, 0.3) is 0 Å². The minimum atomic E-state index is -0.0284. The van der Waals surface area contributed by atoms with Crippen LogP contribution in [0.5, 0.6) is 0 Å². The normalized spacial score (nSPS) is 20.6. The van der Waals surface area contributed by atoms with Crippen molar-refractivity contribution in [3.8, 4) is 0 Å². The molecule has 0 radical (unpaired) electrons. The monoisotopic (exact) mass is 316 g/mol. The van der Waals surface area contributed by atoms with Crippen molar-refractivity contribution in [1.29, 1.82) is 0 Å². The largest absolute Gasteiger partial charge is 0.349 e. The summed E-state index contributed by atoms with van der Waals surface area (Å²) in [6.07, 6.45) is 15.6. The van der Waals surface area contributed by atoms with Crippen molar-refractivity contribution in [1.82, 2.24) is 15.3 Å². The van der Waals surface area contributed by atoms with Crippen LogP contribution >= 0.6 is 0 Å². The number of hydrogen-bond acceptors (Lipinski definition) is 4. The van der Waals surface area contributed by atoms with Gasteiger partial charge in [0.1, 0.15) is 0 Å². The molecule has 1 saturated carbocycles. The minimum absolute atomic E-state index is 0.0284. The van der Waals surface area contributed by atoms with Gasteiger partial charge in [0, 0.05) is 31.5 Å². The van der Waals surface area contributed by atoms with Crippen molar-refractivity contribution in [2.24, 2.45) is 0 Å². The van der Waals surface area contributed by atoms with Crippen LogP contribution < -0.4 is 10.2 Å². The van der Waals surface area contributed by atoms with Crippen LogP contribution in [0.1, 0.15) is 74.6 Å². The average Bonchev–Trinajstić information content (AvgIpc) is 3.00. The lowest BCUT2D eigenvalue weighted by Crippen LogP contribution is -2.34. The summed E-state index contributed by atoms with van der Waals surface area (Å²) in [6.45, 7) is 2.04. The van der Waals surface area contributed by atoms with Crippen LogP contribution in [0.2, 0.25) is 0 Å². The van der Waals surface area contributed by atoms with Crippen LogP contribution in [-0.2, 0) is 0 Å². The quantitative estimate of drug-likeness (QED) is 0.869. The lowest BCUT2D eigenvalue weighted by Gasteiger charge is -2.20. The van der Waals surface area contributed by atoms with Crippen molar-refractivity contribution in [3.63, 3.8) is 0 Å². The van der Waals surface area contributed by atoms with E-state index >= 15 is 0 Å². The number of rotatable bonds is 3. The summed E-state index contributed by atoms with van der Waals surface area (Å²) < 4.78 is 0. The van der Waals surface area contributed by atoms with Crippen molar-refractivity contribution in [2.75, 3.05) is 18.0 Å². The highest BCUT2D eigenvalue weighted by atomic mass is 16.1. The van der Waals surface area contributed by atoms with Gasteiger partial charge in [-0.25, -0.2) is 9.97 Å². The van der Waals surface area contributed by atoms with Gasteiger partial charge in [-0.1, -0.05) is 38.5 Å². The number of carbonyl (C=O) groups excluding carboxylic acids is 1. The predicted molar refractivity (Wildman–Crippen MR) is 91.7 cm³/mol. The highest BCUT2D eigenvalue weighted by molar-refractivity contribution is 5.93. The lowest BCUT2D eigenvalue weighted by molar-refractivity contribution is 0.0932. The summed E-state index contributed by atoms with van der Waals surface area (Å²) in [4.78, 5) is 23.5. The Morgan fingerprint density at radius 3 is 2.09 bits per heavy atom. The summed E-state index contributed by atoms with van der Waals surface area (Å²) >= 11 is 0. The highest BCUT2D eigenvalue weighted by Gasteiger charge is 2.17. The van der Waals surface area contributed by atoms with E-state index in [0.717, 1.165) is 31.9 Å². The Kier molecular flexibility index (Phi) is 5.83. The molecule has 0 atom stereocenters. The van der Waals surface area contributed by atoms with Gasteiger partial charge in [0.25, 0.3) is 5.91 Å². The Balaban J connectivity index is 1.58. The standard InChI is InChI=1S/C18H28N4O/c23-17(21-16-9-5-1-2-6-10-16)15-13-19-18(20-14-15)22-11-7-3-4-8-12-22/h13-14,16H,1-12H2,(H,21,23). The van der Waals surface area contributed by atoms with Gasteiger partial charge in [-0.05, 0) is 25.7 Å². The number of nitrogens with one attached hydrogen (secondary N) is 1. The van der Waals surface area contributed by atoms with Gasteiger partial charge in [0.15, 0.2) is 0 Å². The van der Waals surface area contributed by atoms with E-state index in [4.69, 9.17) is 0 Å². The van der Waals surface area contributed by atoms with Gasteiger partial charge in [0.05, 0.1) is 5.56 Å². The molecule has 3 rings (SSSR count). The smallest absolute Gasteiger partial charge is 0.254 e. The van der Waals surface area contributed by atoms with Crippen LogP contribution in [0, 0.1) is 0 Å². The van der Waals surface area contributed by atoms with Gasteiger partial charge < -0.3 is 10.2 Å². The molecule has 1 aromatic rings. The number of nitrogens with zero attached hydrogens (tertiary/aromatic N) is 3. The Labute approximate surface area is 138 Å². The second-order valence-corrected chi connectivity index (χ2v) is 6.83. The Bertz CT molecular complexity index is 486. The van der Waals surface area contributed by atoms with Gasteiger partial charge in [0.2, 0.25) is 5.95 Å². The van der Waals surface area contributed by atoms with Crippen molar-refractivity contribution in [3.05, 3.63) is 18.0 Å². The summed E-state index contributed by atoms with van der Waals surface area (Å²) in [7, 11) is 0. The maximum absolute atomic E-state index is 12.4. The Morgan fingerprint density at radius 2 is 1.48 bits per heavy atom. The molecule has 0 spiro atoms. The van der Waals surface area contributed by atoms with Crippen LogP contribution in [0.15, 0.2) is 12.4 Å². The van der Waals surface area contributed by atoms with E-state index in [-0.39, 0.29) is 5.91 Å². The molecule has 1 aliphatic heterocycles. The summed E-state index contributed by atoms with van der Waals surface area (Å²) in [5.41, 5.74) is 0.577. The second-order valence-electron chi connectivity index (χ2n) is 6.83. The van der Waals surface area contributed by atoms with E-state index in [1.807, 2.05) is 0 Å². The van der Waals surface area contributed by atoms with Gasteiger partial charge >= 0.3 is 0 Å². The fourth-order valence-corrected chi connectivity index (χ4v) is 3.56. The second kappa shape index (κ2) is 8.27. The fraction of sp³-hybridized carbons (Fsp3) is 0.722. The van der Waals surface area contributed by atoms with E-state index < -0.39 is 0 Å². The van der Waals surface area contributed by atoms with Crippen LogP contribution in [0.3, 0.4) is 0 Å². The molecule has 1 aromatic heterocycles. The first-order valence-electron chi connectivity index (χ1n) is 9.21. The molecule has 1 saturated heterocycles. The molecule has 126 valence electrons. The molecule has 1 amide bonds. The summed E-state index contributed by atoms with van der Waals surface area (Å²) in [5.74, 6) is 0.734. The topological polar surface area (TPSA) is 58.1 Å². The van der Waals surface area contributed by atoms with Crippen molar-refractivity contribution < 1.29 is 4.79 Å². The van der Waals surface area contributed by atoms with E-state index in [0.29, 0.717) is 11.6 Å². The van der Waals surface area contributed by atoms with Gasteiger partial charge in [-0.15, -0.1) is 0 Å². The first-order chi connectivity index (χ1) is 11.3. The third kappa shape index (κ3) is 4.66. The van der Waals surface area contributed by atoms with Crippen molar-refractivity contribution in [2.45, 2.75) is 70.3 Å². The fourth-order valence-electron chi connectivity index (χ4n) is 3.56.